The lowest BCUT2D eigenvalue weighted by Gasteiger charge is -2.16. The molecule has 3 rings (SSSR count). The predicted molar refractivity (Wildman–Crippen MR) is 112 cm³/mol. The van der Waals surface area contributed by atoms with Crippen LogP contribution in [0.15, 0.2) is 44.9 Å². The normalized spacial score (nSPS) is 11.2. The molecule has 152 valence electrons. The van der Waals surface area contributed by atoms with Gasteiger partial charge in [0, 0.05) is 25.2 Å². The van der Waals surface area contributed by atoms with Crippen molar-refractivity contribution in [1.29, 1.82) is 0 Å². The Balaban J connectivity index is 2.02. The van der Waals surface area contributed by atoms with Gasteiger partial charge in [-0.2, -0.15) is 0 Å². The van der Waals surface area contributed by atoms with Crippen LogP contribution in [0.4, 0.5) is 10.1 Å². The number of benzene rings is 1. The lowest BCUT2D eigenvalue weighted by Crippen LogP contribution is -2.37. The molecule has 0 saturated heterocycles. The molecule has 0 aliphatic carbocycles. The Morgan fingerprint density at radius 2 is 1.90 bits per heavy atom. The standard InChI is InChI=1S/C20H21FN4O3S/c1-11(2)12-9-22-18-16(19(27)25(4)20(28)24(18)3)17(12)29-10-15(26)23-14-8-6-5-7-13(14)21/h5-9,11H,10H2,1-4H3,(H,23,26). The van der Waals surface area contributed by atoms with Crippen molar-refractivity contribution in [3.05, 3.63) is 62.7 Å². The molecule has 0 aliphatic rings. The third-order valence-electron chi connectivity index (χ3n) is 4.57. The van der Waals surface area contributed by atoms with Gasteiger partial charge in [-0.1, -0.05) is 26.0 Å². The molecule has 3 aromatic rings. The van der Waals surface area contributed by atoms with Crippen molar-refractivity contribution < 1.29 is 9.18 Å². The highest BCUT2D eigenvalue weighted by Crippen LogP contribution is 2.32. The highest BCUT2D eigenvalue weighted by Gasteiger charge is 2.20. The van der Waals surface area contributed by atoms with Crippen LogP contribution in [0.5, 0.6) is 0 Å². The van der Waals surface area contributed by atoms with Gasteiger partial charge in [-0.05, 0) is 23.6 Å². The largest absolute Gasteiger partial charge is 0.332 e. The van der Waals surface area contributed by atoms with Crippen molar-refractivity contribution in [3.63, 3.8) is 0 Å². The molecule has 7 nitrogen and oxygen atoms in total. The number of fused-ring (bicyclic) bond motifs is 1. The number of para-hydroxylation sites is 1. The molecule has 0 saturated carbocycles. The summed E-state index contributed by atoms with van der Waals surface area (Å²) in [6, 6.07) is 5.91. The van der Waals surface area contributed by atoms with Crippen LogP contribution >= 0.6 is 11.8 Å². The number of nitrogens with one attached hydrogen (secondary N) is 1. The summed E-state index contributed by atoms with van der Waals surface area (Å²) in [6.45, 7) is 3.91. The number of thioether (sulfide) groups is 1. The molecule has 2 aromatic heterocycles. The van der Waals surface area contributed by atoms with E-state index in [9.17, 15) is 18.8 Å². The number of carbonyl (C=O) groups is 1. The number of anilines is 1. The average Bonchev–Trinajstić information content (AvgIpc) is 2.69. The van der Waals surface area contributed by atoms with Crippen molar-refractivity contribution in [3.8, 4) is 0 Å². The third kappa shape index (κ3) is 3.95. The molecule has 2 heterocycles. The maximum absolute atomic E-state index is 13.8. The zero-order valence-corrected chi connectivity index (χ0v) is 17.3. The van der Waals surface area contributed by atoms with Crippen molar-refractivity contribution >= 4 is 34.4 Å². The van der Waals surface area contributed by atoms with Gasteiger partial charge < -0.3 is 5.32 Å². The fourth-order valence-corrected chi connectivity index (χ4v) is 4.10. The van der Waals surface area contributed by atoms with Crippen LogP contribution in [0.2, 0.25) is 0 Å². The Morgan fingerprint density at radius 3 is 2.55 bits per heavy atom. The van der Waals surface area contributed by atoms with Gasteiger partial charge in [0.2, 0.25) is 5.91 Å². The minimum atomic E-state index is -0.521. The van der Waals surface area contributed by atoms with Gasteiger partial charge in [0.1, 0.15) is 11.5 Å². The van der Waals surface area contributed by atoms with E-state index in [2.05, 4.69) is 10.3 Å². The average molecular weight is 416 g/mol. The molecule has 0 spiro atoms. The lowest BCUT2D eigenvalue weighted by molar-refractivity contribution is -0.113. The second-order valence-corrected chi connectivity index (χ2v) is 7.90. The summed E-state index contributed by atoms with van der Waals surface area (Å²) < 4.78 is 16.1. The molecule has 0 bridgehead atoms. The Labute approximate surface area is 170 Å². The highest BCUT2D eigenvalue weighted by atomic mass is 32.2. The predicted octanol–water partition coefficient (Wildman–Crippen LogP) is 2.63. The highest BCUT2D eigenvalue weighted by molar-refractivity contribution is 8.00. The molecule has 0 aliphatic heterocycles. The molecule has 0 radical (unpaired) electrons. The molecule has 0 unspecified atom stereocenters. The molecule has 1 aromatic carbocycles. The first kappa shape index (κ1) is 20.8. The molecule has 0 atom stereocenters. The van der Waals surface area contributed by atoms with E-state index in [1.165, 1.54) is 41.6 Å². The van der Waals surface area contributed by atoms with Crippen LogP contribution in [-0.2, 0) is 18.9 Å². The van der Waals surface area contributed by atoms with Crippen LogP contribution in [0.3, 0.4) is 0 Å². The van der Waals surface area contributed by atoms with Crippen LogP contribution < -0.4 is 16.6 Å². The van der Waals surface area contributed by atoms with Gasteiger partial charge in [-0.25, -0.2) is 14.2 Å². The number of aryl methyl sites for hydroxylation is 1. The fraction of sp³-hybridized carbons (Fsp3) is 0.300. The summed E-state index contributed by atoms with van der Waals surface area (Å²) >= 11 is 1.17. The second-order valence-electron chi connectivity index (χ2n) is 6.92. The van der Waals surface area contributed by atoms with E-state index >= 15 is 0 Å². The van der Waals surface area contributed by atoms with Gasteiger partial charge in [-0.3, -0.25) is 18.7 Å². The maximum atomic E-state index is 13.8. The number of aromatic nitrogens is 3. The Bertz CT molecular complexity index is 1220. The fourth-order valence-electron chi connectivity index (χ4n) is 2.97. The first-order chi connectivity index (χ1) is 13.7. The van der Waals surface area contributed by atoms with E-state index in [-0.39, 0.29) is 23.0 Å². The minimum Gasteiger partial charge on any atom is -0.323 e. The number of halogens is 1. The first-order valence-corrected chi connectivity index (χ1v) is 9.96. The summed E-state index contributed by atoms with van der Waals surface area (Å²) in [5.41, 5.74) is 0.229. The molecule has 1 amide bonds. The number of carbonyl (C=O) groups excluding carboxylic acids is 1. The molecule has 1 N–H and O–H groups in total. The van der Waals surface area contributed by atoms with E-state index in [4.69, 9.17) is 0 Å². The maximum Gasteiger partial charge on any atom is 0.332 e. The van der Waals surface area contributed by atoms with E-state index < -0.39 is 23.0 Å². The summed E-state index contributed by atoms with van der Waals surface area (Å²) in [7, 11) is 2.96. The Hall–Kier alpha value is -2.94. The summed E-state index contributed by atoms with van der Waals surface area (Å²) in [6.07, 6.45) is 1.63. The number of nitrogens with zero attached hydrogens (tertiary/aromatic N) is 3. The molecule has 9 heteroatoms. The van der Waals surface area contributed by atoms with Gasteiger partial charge >= 0.3 is 5.69 Å². The molecule has 29 heavy (non-hydrogen) atoms. The second kappa shape index (κ2) is 8.20. The number of hydrogen-bond acceptors (Lipinski definition) is 5. The van der Waals surface area contributed by atoms with Crippen LogP contribution in [0, 0.1) is 5.82 Å². The zero-order valence-electron chi connectivity index (χ0n) is 16.5. The number of pyridine rings is 1. The summed E-state index contributed by atoms with van der Waals surface area (Å²) in [5, 5.41) is 2.83. The van der Waals surface area contributed by atoms with Crippen molar-refractivity contribution in [1.82, 2.24) is 14.1 Å². The molecule has 0 fully saturated rings. The SMILES string of the molecule is CC(C)c1cnc2c(c1SCC(=O)Nc1ccccc1F)c(=O)n(C)c(=O)n2C. The zero-order chi connectivity index (χ0) is 21.3. The van der Waals surface area contributed by atoms with E-state index in [1.54, 1.807) is 19.3 Å². The summed E-state index contributed by atoms with van der Waals surface area (Å²) in [5.74, 6) is -0.904. The number of amides is 1. The van der Waals surface area contributed by atoms with E-state index in [1.807, 2.05) is 13.8 Å². The van der Waals surface area contributed by atoms with Gasteiger partial charge in [0.05, 0.1) is 16.8 Å². The van der Waals surface area contributed by atoms with Crippen LogP contribution in [-0.4, -0.2) is 25.8 Å². The van der Waals surface area contributed by atoms with E-state index in [0.29, 0.717) is 10.3 Å². The molecular weight excluding hydrogens is 395 g/mol. The minimum absolute atomic E-state index is 0.0286. The van der Waals surface area contributed by atoms with Crippen molar-refractivity contribution in [2.75, 3.05) is 11.1 Å². The van der Waals surface area contributed by atoms with Crippen LogP contribution in [0.1, 0.15) is 25.3 Å². The van der Waals surface area contributed by atoms with Gasteiger partial charge in [-0.15, -0.1) is 11.8 Å². The van der Waals surface area contributed by atoms with Crippen molar-refractivity contribution in [2.45, 2.75) is 24.7 Å². The molecular formula is C20H21FN4O3S. The smallest absolute Gasteiger partial charge is 0.323 e. The van der Waals surface area contributed by atoms with Gasteiger partial charge in [0.25, 0.3) is 5.56 Å². The lowest BCUT2D eigenvalue weighted by atomic mass is 10.0. The third-order valence-corrected chi connectivity index (χ3v) is 5.70. The summed E-state index contributed by atoms with van der Waals surface area (Å²) in [4.78, 5) is 42.3. The first-order valence-electron chi connectivity index (χ1n) is 8.98. The number of hydrogen-bond donors (Lipinski definition) is 1. The van der Waals surface area contributed by atoms with Crippen molar-refractivity contribution in [2.24, 2.45) is 14.1 Å². The Kier molecular flexibility index (Phi) is 5.88. The monoisotopic (exact) mass is 416 g/mol. The van der Waals surface area contributed by atoms with Crippen LogP contribution in [0.25, 0.3) is 11.0 Å². The quantitative estimate of drug-likeness (QED) is 0.646. The van der Waals surface area contributed by atoms with Gasteiger partial charge in [0.15, 0.2) is 0 Å². The number of rotatable bonds is 5. The Morgan fingerprint density at radius 1 is 1.21 bits per heavy atom. The van der Waals surface area contributed by atoms with E-state index in [0.717, 1.165) is 10.1 Å². The topological polar surface area (TPSA) is 86.0 Å².